The highest BCUT2D eigenvalue weighted by atomic mass is 16.5. The summed E-state index contributed by atoms with van der Waals surface area (Å²) in [4.78, 5) is 140. The largest absolute Gasteiger partial charge is 0.550 e. The van der Waals surface area contributed by atoms with Crippen LogP contribution in [0.1, 0.15) is 97.3 Å². The van der Waals surface area contributed by atoms with Gasteiger partial charge in [0.1, 0.15) is 30.4 Å². The third kappa shape index (κ3) is 39.1. The van der Waals surface area contributed by atoms with E-state index >= 15 is 0 Å². The van der Waals surface area contributed by atoms with E-state index in [2.05, 4.69) is 63.6 Å². The van der Waals surface area contributed by atoms with Crippen molar-refractivity contribution in [1.82, 2.24) is 53.4 Å². The number of hydrazone groups is 2. The van der Waals surface area contributed by atoms with Gasteiger partial charge in [-0.1, -0.05) is 12.8 Å². The summed E-state index contributed by atoms with van der Waals surface area (Å²) in [5, 5.41) is 60.6. The molecule has 34 heteroatoms. The number of nitrogens with two attached hydrogens (primary N) is 4. The number of methoxy groups -OCH3 is 2. The molecule has 34 nitrogen and oxygen atoms in total. The normalized spacial score (nSPS) is 14.0. The van der Waals surface area contributed by atoms with Crippen molar-refractivity contribution in [2.75, 3.05) is 93.1 Å². The molecule has 0 fully saturated rings. The Bertz CT molecular complexity index is 2090. The van der Waals surface area contributed by atoms with Gasteiger partial charge in [0.05, 0.1) is 71.0 Å². The zero-order chi connectivity index (χ0) is 62.5. The smallest absolute Gasteiger partial charge is 0.244 e. The summed E-state index contributed by atoms with van der Waals surface area (Å²) >= 11 is 0. The molecule has 0 aliphatic heterocycles. The van der Waals surface area contributed by atoms with Gasteiger partial charge in [0.2, 0.25) is 53.2 Å². The predicted molar refractivity (Wildman–Crippen MR) is 293 cm³/mol. The number of amides is 9. The Morgan fingerprint density at radius 1 is 0.470 bits per heavy atom. The minimum absolute atomic E-state index is 0.0450. The molecule has 0 rings (SSSR count). The molecular formula is C49H88N16O18-2. The number of ether oxygens (including phenoxy) is 4. The SMILES string of the molecule is COCCOCCNC(=O)C(CC(=O)[O-])NC(=O)C(CC(=O)NCC/C(C)=N/NC(=O)CC(O)N/N=C(\C)CCNC(=O)CC(NC(=O)C(N)CCCCN)C(=O)NC(CC(=O)[O-])C(=O)NCCOCCOC)NC(=O)C(N)CCCCN. The predicted octanol–water partition coefficient (Wildman–Crippen LogP) is -9.36. The fourth-order valence-corrected chi connectivity index (χ4v) is 6.78. The molecule has 0 spiro atoms. The van der Waals surface area contributed by atoms with E-state index in [1.54, 1.807) is 0 Å². The molecule has 0 saturated carbocycles. The van der Waals surface area contributed by atoms with E-state index in [-0.39, 0.29) is 78.3 Å². The van der Waals surface area contributed by atoms with E-state index in [4.69, 9.17) is 41.9 Å². The van der Waals surface area contributed by atoms with Crippen LogP contribution < -0.4 is 86.5 Å². The number of carboxylic acid groups (broad SMARTS) is 2. The number of hydrogen-bond acceptors (Lipinski definition) is 25. The number of aliphatic carboxylic acids is 2. The van der Waals surface area contributed by atoms with Crippen LogP contribution in [-0.4, -0.2) is 217 Å². The van der Waals surface area contributed by atoms with E-state index in [1.807, 2.05) is 0 Å². The molecule has 0 aromatic heterocycles. The van der Waals surface area contributed by atoms with Crippen molar-refractivity contribution in [3.05, 3.63) is 0 Å². The van der Waals surface area contributed by atoms with Crippen LogP contribution in [0.4, 0.5) is 0 Å². The van der Waals surface area contributed by atoms with Crippen molar-refractivity contribution in [2.24, 2.45) is 33.1 Å². The molecule has 0 aliphatic carbocycles. The Hall–Kier alpha value is -7.05. The number of rotatable bonds is 49. The lowest BCUT2D eigenvalue weighted by Crippen LogP contribution is -2.57. The highest BCUT2D eigenvalue weighted by Gasteiger charge is 2.32. The van der Waals surface area contributed by atoms with Crippen molar-refractivity contribution in [3.63, 3.8) is 0 Å². The third-order valence-electron chi connectivity index (χ3n) is 11.4. The standard InChI is InChI=1S/C49H90N16O18/c1-30(11-15-54-38(66)25-34(58-44(74)32(52)9-5-7-13-50)48(78)60-36(27-42(70)71)46(76)56-17-19-82-23-21-80-3)62-64-40(68)29-41(69)65-63-31(2)12-16-55-39(67)26-35(59-45(75)33(53)10-6-8-14-51)49(79)61-37(28-43(72)73)47(77)57-18-20-83-24-22-81-4/h32-37,40,64,68H,5-29,50-53H2,1-4H3,(H,54,66)(H,55,67)(H,56,76)(H,57,77)(H,58,74)(H,59,75)(H,60,78)(H,61,79)(H,65,69)(H,70,71)(H,72,73)/p-2/b62-30+,63-31+. The number of nitrogens with one attached hydrogen (secondary N) is 10. The number of carbonyl (C=O) groups is 11. The molecule has 0 aliphatic rings. The maximum absolute atomic E-state index is 13.4. The van der Waals surface area contributed by atoms with Gasteiger partial charge in [-0.05, 0) is 52.6 Å². The number of carboxylic acids is 2. The van der Waals surface area contributed by atoms with Crippen LogP contribution in [0.3, 0.4) is 0 Å². The Morgan fingerprint density at radius 3 is 1.24 bits per heavy atom. The van der Waals surface area contributed by atoms with Gasteiger partial charge in [0.25, 0.3) is 0 Å². The third-order valence-corrected chi connectivity index (χ3v) is 11.4. The molecule has 7 unspecified atom stereocenters. The number of carbonyl (C=O) groups excluding carboxylic acids is 11. The lowest BCUT2D eigenvalue weighted by molar-refractivity contribution is -0.307. The molecule has 0 aromatic carbocycles. The molecule has 0 saturated heterocycles. The molecule has 474 valence electrons. The first kappa shape index (κ1) is 76.0. The summed E-state index contributed by atoms with van der Waals surface area (Å²) in [6.45, 7) is 4.64. The molecule has 0 radical (unpaired) electrons. The zero-order valence-electron chi connectivity index (χ0n) is 47.8. The van der Waals surface area contributed by atoms with Gasteiger partial charge in [-0.3, -0.25) is 48.6 Å². The average Bonchev–Trinajstić information content (AvgIpc) is 3.46. The van der Waals surface area contributed by atoms with Gasteiger partial charge >= 0.3 is 0 Å². The second-order valence-corrected chi connectivity index (χ2v) is 18.7. The molecular weight excluding hydrogens is 1100 g/mol. The van der Waals surface area contributed by atoms with Gasteiger partial charge in [-0.2, -0.15) is 10.2 Å². The van der Waals surface area contributed by atoms with Crippen LogP contribution in [0, 0.1) is 0 Å². The highest BCUT2D eigenvalue weighted by Crippen LogP contribution is 2.05. The number of hydrogen-bond donors (Lipinski definition) is 15. The van der Waals surface area contributed by atoms with E-state index in [9.17, 15) is 68.1 Å². The second-order valence-electron chi connectivity index (χ2n) is 18.7. The maximum Gasteiger partial charge on any atom is 0.244 e. The molecule has 0 heterocycles. The van der Waals surface area contributed by atoms with Crippen molar-refractivity contribution in [2.45, 2.75) is 140 Å². The van der Waals surface area contributed by atoms with Crippen molar-refractivity contribution >= 4 is 76.5 Å². The summed E-state index contributed by atoms with van der Waals surface area (Å²) in [7, 11) is 2.94. The van der Waals surface area contributed by atoms with Gasteiger partial charge in [0, 0.05) is 89.4 Å². The first-order chi connectivity index (χ1) is 39.5. The van der Waals surface area contributed by atoms with Crippen LogP contribution in [0.2, 0.25) is 0 Å². The summed E-state index contributed by atoms with van der Waals surface area (Å²) < 4.78 is 20.3. The van der Waals surface area contributed by atoms with Crippen LogP contribution in [-0.2, 0) is 71.7 Å². The quantitative estimate of drug-likeness (QED) is 0.0116. The molecule has 0 aromatic rings. The first-order valence-electron chi connectivity index (χ1n) is 27.0. The Morgan fingerprint density at radius 2 is 0.855 bits per heavy atom. The Balaban J connectivity index is 5.50. The van der Waals surface area contributed by atoms with Crippen LogP contribution in [0.25, 0.3) is 0 Å². The topological polar surface area (TPSA) is 540 Å². The highest BCUT2D eigenvalue weighted by molar-refractivity contribution is 5.98. The van der Waals surface area contributed by atoms with E-state index in [0.717, 1.165) is 0 Å². The zero-order valence-corrected chi connectivity index (χ0v) is 47.8. The van der Waals surface area contributed by atoms with Crippen LogP contribution in [0.15, 0.2) is 10.2 Å². The van der Waals surface area contributed by atoms with Crippen LogP contribution >= 0.6 is 0 Å². The van der Waals surface area contributed by atoms with Crippen molar-refractivity contribution in [3.8, 4) is 0 Å². The second kappa shape index (κ2) is 46.4. The van der Waals surface area contributed by atoms with Gasteiger partial charge in [0.15, 0.2) is 0 Å². The summed E-state index contributed by atoms with van der Waals surface area (Å²) in [5.41, 5.74) is 28.3. The maximum atomic E-state index is 13.4. The van der Waals surface area contributed by atoms with Crippen LogP contribution in [0.5, 0.6) is 0 Å². The number of aliphatic hydroxyl groups excluding tert-OH is 1. The Kier molecular flexibility index (Phi) is 42.5. The van der Waals surface area contributed by atoms with E-state index in [0.29, 0.717) is 63.4 Å². The molecule has 19 N–H and O–H groups in total. The first-order valence-corrected chi connectivity index (χ1v) is 27.0. The number of aliphatic hydroxyl groups is 1. The van der Waals surface area contributed by atoms with E-state index in [1.165, 1.54) is 28.1 Å². The number of unbranched alkanes of at least 4 members (excludes halogenated alkanes) is 2. The fraction of sp³-hybridized carbons (Fsp3) is 0.735. The lowest BCUT2D eigenvalue weighted by atomic mass is 10.1. The molecule has 83 heavy (non-hydrogen) atoms. The van der Waals surface area contributed by atoms with E-state index < -0.39 is 140 Å². The van der Waals surface area contributed by atoms with Gasteiger partial charge in [-0.25, -0.2) is 5.43 Å². The fourth-order valence-electron chi connectivity index (χ4n) is 6.78. The minimum Gasteiger partial charge on any atom is -0.550 e. The summed E-state index contributed by atoms with van der Waals surface area (Å²) in [6.07, 6.45) is -2.62. The number of nitrogens with zero attached hydrogens (tertiary/aromatic N) is 2. The van der Waals surface area contributed by atoms with Gasteiger partial charge < -0.3 is 109 Å². The Labute approximate surface area is 481 Å². The molecule has 0 bridgehead atoms. The molecule has 9 amide bonds. The minimum atomic E-state index is -1.67. The van der Waals surface area contributed by atoms with Crippen molar-refractivity contribution in [1.29, 1.82) is 0 Å². The van der Waals surface area contributed by atoms with Crippen molar-refractivity contribution < 1.29 is 87.0 Å². The summed E-state index contributed by atoms with van der Waals surface area (Å²) in [5.74, 6) is -11.1. The van der Waals surface area contributed by atoms with Gasteiger partial charge in [-0.15, -0.1) is 0 Å². The monoisotopic (exact) mass is 1190 g/mol. The molecule has 7 atom stereocenters. The summed E-state index contributed by atoms with van der Waals surface area (Å²) in [6, 6.07) is -8.73. The lowest BCUT2D eigenvalue weighted by Gasteiger charge is -2.24. The average molecular weight is 1190 g/mol.